The van der Waals surface area contributed by atoms with E-state index in [1.807, 2.05) is 20.8 Å². The number of nitrogens with one attached hydrogen (secondary N) is 2. The van der Waals surface area contributed by atoms with Gasteiger partial charge in [-0.3, -0.25) is 4.79 Å². The summed E-state index contributed by atoms with van der Waals surface area (Å²) in [5.74, 6) is 0.121. The second-order valence-corrected chi connectivity index (χ2v) is 6.24. The summed E-state index contributed by atoms with van der Waals surface area (Å²) >= 11 is 0. The highest BCUT2D eigenvalue weighted by Crippen LogP contribution is 2.11. The molecular weight excluding hydrogens is 248 g/mol. The van der Waals surface area contributed by atoms with Gasteiger partial charge in [0.1, 0.15) is 0 Å². The van der Waals surface area contributed by atoms with Gasteiger partial charge in [0.25, 0.3) is 0 Å². The van der Waals surface area contributed by atoms with Crippen molar-refractivity contribution in [2.45, 2.75) is 104 Å². The molecule has 1 unspecified atom stereocenters. The van der Waals surface area contributed by atoms with Crippen LogP contribution in [0.25, 0.3) is 0 Å². The largest absolute Gasteiger partial charge is 0.353 e. The first-order valence-electron chi connectivity index (χ1n) is 8.57. The third-order valence-corrected chi connectivity index (χ3v) is 3.62. The van der Waals surface area contributed by atoms with E-state index in [2.05, 4.69) is 24.5 Å². The standard InChI is InChI=1S/C17H36N2O/c1-6-8-10-12-16(13-11-9-7-2)19-15(5)17(20)18-14(3)4/h14-16,19H,6-13H2,1-5H3,(H,18,20). The molecule has 0 aromatic rings. The molecule has 1 atom stereocenters. The minimum absolute atomic E-state index is 0.0920. The fourth-order valence-corrected chi connectivity index (χ4v) is 2.43. The van der Waals surface area contributed by atoms with E-state index in [-0.39, 0.29) is 18.0 Å². The normalized spacial score (nSPS) is 12.9. The molecule has 0 aliphatic rings. The maximum atomic E-state index is 12.0. The van der Waals surface area contributed by atoms with Crippen molar-refractivity contribution in [3.8, 4) is 0 Å². The van der Waals surface area contributed by atoms with E-state index < -0.39 is 0 Å². The summed E-state index contributed by atoms with van der Waals surface area (Å²) in [7, 11) is 0. The summed E-state index contributed by atoms with van der Waals surface area (Å²) in [4.78, 5) is 12.0. The molecule has 0 heterocycles. The Hall–Kier alpha value is -0.570. The highest BCUT2D eigenvalue weighted by atomic mass is 16.2. The van der Waals surface area contributed by atoms with Crippen LogP contribution in [0.4, 0.5) is 0 Å². The Bertz CT molecular complexity index is 231. The van der Waals surface area contributed by atoms with Crippen molar-refractivity contribution in [2.24, 2.45) is 0 Å². The molecule has 0 aromatic carbocycles. The summed E-state index contributed by atoms with van der Waals surface area (Å²) in [5.41, 5.74) is 0. The molecule has 0 fully saturated rings. The van der Waals surface area contributed by atoms with Crippen LogP contribution in [0.3, 0.4) is 0 Å². The third kappa shape index (κ3) is 10.2. The SMILES string of the molecule is CCCCCC(CCCCC)NC(C)C(=O)NC(C)C. The molecule has 0 saturated carbocycles. The van der Waals surface area contributed by atoms with E-state index in [0.29, 0.717) is 6.04 Å². The van der Waals surface area contributed by atoms with Gasteiger partial charge in [-0.05, 0) is 33.6 Å². The van der Waals surface area contributed by atoms with Gasteiger partial charge in [-0.2, -0.15) is 0 Å². The van der Waals surface area contributed by atoms with E-state index in [9.17, 15) is 4.79 Å². The first-order valence-corrected chi connectivity index (χ1v) is 8.57. The van der Waals surface area contributed by atoms with Gasteiger partial charge in [0.15, 0.2) is 0 Å². The number of unbranched alkanes of at least 4 members (excludes halogenated alkanes) is 4. The van der Waals surface area contributed by atoms with Crippen LogP contribution < -0.4 is 10.6 Å². The molecule has 0 aromatic heterocycles. The van der Waals surface area contributed by atoms with Crippen LogP contribution >= 0.6 is 0 Å². The lowest BCUT2D eigenvalue weighted by molar-refractivity contribution is -0.123. The fourth-order valence-electron chi connectivity index (χ4n) is 2.43. The number of rotatable bonds is 12. The molecular formula is C17H36N2O. The zero-order valence-electron chi connectivity index (χ0n) is 14.3. The van der Waals surface area contributed by atoms with Gasteiger partial charge >= 0.3 is 0 Å². The van der Waals surface area contributed by atoms with E-state index in [1.165, 1.54) is 51.4 Å². The quantitative estimate of drug-likeness (QED) is 0.531. The first-order chi connectivity index (χ1) is 9.51. The topological polar surface area (TPSA) is 41.1 Å². The molecule has 0 aliphatic carbocycles. The Morgan fingerprint density at radius 3 is 1.80 bits per heavy atom. The summed E-state index contributed by atoms with van der Waals surface area (Å²) < 4.78 is 0. The summed E-state index contributed by atoms with van der Waals surface area (Å²) in [6.07, 6.45) is 10.00. The van der Waals surface area contributed by atoms with E-state index in [4.69, 9.17) is 0 Å². The molecule has 20 heavy (non-hydrogen) atoms. The Morgan fingerprint density at radius 2 is 1.40 bits per heavy atom. The van der Waals surface area contributed by atoms with Crippen LogP contribution in [-0.2, 0) is 4.79 Å². The van der Waals surface area contributed by atoms with Crippen LogP contribution in [0.1, 0.15) is 86.0 Å². The van der Waals surface area contributed by atoms with Crippen molar-refractivity contribution in [3.05, 3.63) is 0 Å². The Kier molecular flexibility index (Phi) is 11.8. The molecule has 0 saturated heterocycles. The van der Waals surface area contributed by atoms with Crippen molar-refractivity contribution in [3.63, 3.8) is 0 Å². The summed E-state index contributed by atoms with van der Waals surface area (Å²) in [5, 5.41) is 6.51. The maximum Gasteiger partial charge on any atom is 0.237 e. The molecule has 2 N–H and O–H groups in total. The minimum atomic E-state index is -0.0920. The molecule has 0 spiro atoms. The predicted octanol–water partition coefficient (Wildman–Crippen LogP) is 4.02. The lowest BCUT2D eigenvalue weighted by Gasteiger charge is -2.24. The summed E-state index contributed by atoms with van der Waals surface area (Å²) in [6, 6.07) is 0.608. The Morgan fingerprint density at radius 1 is 0.900 bits per heavy atom. The van der Waals surface area contributed by atoms with Crippen molar-refractivity contribution < 1.29 is 4.79 Å². The molecule has 120 valence electrons. The van der Waals surface area contributed by atoms with Crippen LogP contribution in [-0.4, -0.2) is 24.0 Å². The van der Waals surface area contributed by atoms with Crippen molar-refractivity contribution in [1.29, 1.82) is 0 Å². The predicted molar refractivity (Wildman–Crippen MR) is 87.9 cm³/mol. The van der Waals surface area contributed by atoms with Gasteiger partial charge in [0, 0.05) is 12.1 Å². The number of hydrogen-bond donors (Lipinski definition) is 2. The highest BCUT2D eigenvalue weighted by Gasteiger charge is 2.17. The maximum absolute atomic E-state index is 12.0. The Labute approximate surface area is 126 Å². The van der Waals surface area contributed by atoms with E-state index in [1.54, 1.807) is 0 Å². The number of hydrogen-bond acceptors (Lipinski definition) is 2. The van der Waals surface area contributed by atoms with Gasteiger partial charge in [-0.1, -0.05) is 52.4 Å². The van der Waals surface area contributed by atoms with Crippen molar-refractivity contribution in [1.82, 2.24) is 10.6 Å². The number of carbonyl (C=O) groups is 1. The van der Waals surface area contributed by atoms with E-state index >= 15 is 0 Å². The zero-order valence-corrected chi connectivity index (χ0v) is 14.3. The molecule has 0 radical (unpaired) electrons. The second kappa shape index (κ2) is 12.2. The average molecular weight is 284 g/mol. The molecule has 0 aliphatic heterocycles. The van der Waals surface area contributed by atoms with Crippen molar-refractivity contribution in [2.75, 3.05) is 0 Å². The van der Waals surface area contributed by atoms with Gasteiger partial charge in [0.05, 0.1) is 6.04 Å². The lowest BCUT2D eigenvalue weighted by Crippen LogP contribution is -2.48. The fraction of sp³-hybridized carbons (Fsp3) is 0.941. The average Bonchev–Trinajstić information content (AvgIpc) is 2.38. The number of amides is 1. The van der Waals surface area contributed by atoms with Crippen molar-refractivity contribution >= 4 is 5.91 Å². The van der Waals surface area contributed by atoms with Crippen LogP contribution in [0.2, 0.25) is 0 Å². The second-order valence-electron chi connectivity index (χ2n) is 6.24. The molecule has 3 heteroatoms. The van der Waals surface area contributed by atoms with Crippen LogP contribution in [0, 0.1) is 0 Å². The lowest BCUT2D eigenvalue weighted by atomic mass is 10.0. The third-order valence-electron chi connectivity index (χ3n) is 3.62. The molecule has 3 nitrogen and oxygen atoms in total. The van der Waals surface area contributed by atoms with Gasteiger partial charge in [-0.15, -0.1) is 0 Å². The highest BCUT2D eigenvalue weighted by molar-refractivity contribution is 5.81. The molecule has 1 amide bonds. The van der Waals surface area contributed by atoms with Gasteiger partial charge < -0.3 is 10.6 Å². The minimum Gasteiger partial charge on any atom is -0.353 e. The van der Waals surface area contributed by atoms with Crippen LogP contribution in [0.15, 0.2) is 0 Å². The smallest absolute Gasteiger partial charge is 0.237 e. The zero-order chi connectivity index (χ0) is 15.4. The van der Waals surface area contributed by atoms with Crippen LogP contribution in [0.5, 0.6) is 0 Å². The number of carbonyl (C=O) groups excluding carboxylic acids is 1. The van der Waals surface area contributed by atoms with Gasteiger partial charge in [-0.25, -0.2) is 0 Å². The molecule has 0 rings (SSSR count). The monoisotopic (exact) mass is 284 g/mol. The summed E-state index contributed by atoms with van der Waals surface area (Å²) in [6.45, 7) is 10.5. The molecule has 0 bridgehead atoms. The van der Waals surface area contributed by atoms with E-state index in [0.717, 1.165) is 0 Å². The van der Waals surface area contributed by atoms with Gasteiger partial charge in [0.2, 0.25) is 5.91 Å². The Balaban J connectivity index is 4.18. The first kappa shape index (κ1) is 19.4.